The van der Waals surface area contributed by atoms with Crippen LogP contribution in [0.15, 0.2) is 78.9 Å². The minimum atomic E-state index is -0.528. The summed E-state index contributed by atoms with van der Waals surface area (Å²) in [5.74, 6) is -1.21. The van der Waals surface area contributed by atoms with Gasteiger partial charge in [-0.3, -0.25) is 14.4 Å². The van der Waals surface area contributed by atoms with E-state index >= 15 is 0 Å². The molecule has 0 aliphatic heterocycles. The smallest absolute Gasteiger partial charge is 0.201 e. The zero-order chi connectivity index (χ0) is 24.0. The average molecular weight is 448 g/mol. The summed E-state index contributed by atoms with van der Waals surface area (Å²) in [6.07, 6.45) is 0.873. The highest BCUT2D eigenvalue weighted by atomic mass is 16.3. The van der Waals surface area contributed by atoms with E-state index in [-0.39, 0.29) is 45.3 Å². The minimum Gasteiger partial charge on any atom is -0.507 e. The highest BCUT2D eigenvalue weighted by Crippen LogP contribution is 2.36. The zero-order valence-electron chi connectivity index (χ0n) is 18.3. The maximum absolute atomic E-state index is 12.3. The molecule has 0 saturated heterocycles. The molecule has 0 atom stereocenters. The van der Waals surface area contributed by atoms with E-state index in [1.165, 1.54) is 24.3 Å². The van der Waals surface area contributed by atoms with Gasteiger partial charge in [0.1, 0.15) is 11.5 Å². The van der Waals surface area contributed by atoms with Crippen molar-refractivity contribution in [3.8, 4) is 11.5 Å². The van der Waals surface area contributed by atoms with Crippen LogP contribution in [0.1, 0.15) is 64.5 Å². The van der Waals surface area contributed by atoms with Crippen molar-refractivity contribution in [1.29, 1.82) is 0 Å². The molecule has 4 aromatic carbocycles. The number of carbonyl (C=O) groups excluding carboxylic acids is 3. The summed E-state index contributed by atoms with van der Waals surface area (Å²) < 4.78 is 0. The van der Waals surface area contributed by atoms with E-state index in [2.05, 4.69) is 0 Å². The molecule has 6 rings (SSSR count). The minimum absolute atomic E-state index is 0.0374. The number of ketones is 3. The van der Waals surface area contributed by atoms with Gasteiger partial charge in [-0.2, -0.15) is 0 Å². The molecule has 0 spiro atoms. The van der Waals surface area contributed by atoms with E-state index in [0.717, 1.165) is 28.7 Å². The van der Waals surface area contributed by atoms with Crippen molar-refractivity contribution >= 4 is 17.3 Å². The largest absolute Gasteiger partial charge is 0.507 e. The second-order valence-electron chi connectivity index (χ2n) is 8.38. The molecule has 0 fully saturated rings. The molecule has 5 nitrogen and oxygen atoms in total. The number of phenolic OH excluding ortho intramolecular Hbond substituents is 2. The Balaban J connectivity index is 0.000000145. The molecule has 2 aliphatic carbocycles. The van der Waals surface area contributed by atoms with Gasteiger partial charge in [-0.25, -0.2) is 0 Å². The fourth-order valence-corrected chi connectivity index (χ4v) is 4.57. The molecule has 0 saturated carbocycles. The number of aromatic hydroxyl groups is 2. The third kappa shape index (κ3) is 3.39. The predicted octanol–water partition coefficient (Wildman–Crippen LogP) is 5.00. The van der Waals surface area contributed by atoms with E-state index in [1.807, 2.05) is 48.5 Å². The summed E-state index contributed by atoms with van der Waals surface area (Å²) in [5.41, 5.74) is 4.96. The van der Waals surface area contributed by atoms with Gasteiger partial charge in [-0.15, -0.1) is 0 Å². The number of aryl methyl sites for hydroxylation is 1. The lowest BCUT2D eigenvalue weighted by molar-refractivity contribution is 0.0974. The Kier molecular flexibility index (Phi) is 5.10. The van der Waals surface area contributed by atoms with Gasteiger partial charge in [0.2, 0.25) is 5.78 Å². The molecule has 2 aliphatic rings. The first-order valence-corrected chi connectivity index (χ1v) is 10.8. The Bertz CT molecular complexity index is 1470. The molecular formula is C29H20O5. The van der Waals surface area contributed by atoms with Crippen molar-refractivity contribution in [3.63, 3.8) is 0 Å². The fourth-order valence-electron chi connectivity index (χ4n) is 4.57. The topological polar surface area (TPSA) is 91.7 Å². The number of hydrogen-bond donors (Lipinski definition) is 2. The summed E-state index contributed by atoms with van der Waals surface area (Å²) in [6, 6.07) is 23.1. The molecule has 0 heterocycles. The number of phenols is 2. The highest BCUT2D eigenvalue weighted by Gasteiger charge is 2.34. The number of carbonyl (C=O) groups is 3. The average Bonchev–Trinajstić information content (AvgIpc) is 2.82. The van der Waals surface area contributed by atoms with Gasteiger partial charge in [0.15, 0.2) is 11.6 Å². The molecule has 0 unspecified atom stereocenters. The third-order valence-corrected chi connectivity index (χ3v) is 6.15. The highest BCUT2D eigenvalue weighted by molar-refractivity contribution is 6.30. The molecule has 0 aromatic heterocycles. The molecule has 34 heavy (non-hydrogen) atoms. The lowest BCUT2D eigenvalue weighted by Crippen LogP contribution is -2.21. The zero-order valence-corrected chi connectivity index (χ0v) is 18.3. The van der Waals surface area contributed by atoms with Crippen LogP contribution >= 0.6 is 0 Å². The van der Waals surface area contributed by atoms with E-state index in [4.69, 9.17) is 0 Å². The van der Waals surface area contributed by atoms with Crippen LogP contribution in [-0.2, 0) is 6.42 Å². The summed E-state index contributed by atoms with van der Waals surface area (Å²) in [7, 11) is 0. The Hall–Kier alpha value is -4.51. The molecule has 0 amide bonds. The SMILES string of the molecule is Cc1cc(O)c2c(c1)C(=O)c1cccc(O)c1C2=O.O=C1c2ccccc2Cc2ccccc21. The molecule has 0 radical (unpaired) electrons. The second-order valence-corrected chi connectivity index (χ2v) is 8.38. The quantitative estimate of drug-likeness (QED) is 0.341. The van der Waals surface area contributed by atoms with Gasteiger partial charge >= 0.3 is 0 Å². The molecular weight excluding hydrogens is 428 g/mol. The number of rotatable bonds is 0. The summed E-state index contributed by atoms with van der Waals surface area (Å²) in [5, 5.41) is 19.6. The Labute approximate surface area is 195 Å². The van der Waals surface area contributed by atoms with Crippen molar-refractivity contribution in [2.24, 2.45) is 0 Å². The number of benzene rings is 4. The van der Waals surface area contributed by atoms with Gasteiger partial charge in [-0.05, 0) is 48.2 Å². The van der Waals surface area contributed by atoms with E-state index in [9.17, 15) is 24.6 Å². The summed E-state index contributed by atoms with van der Waals surface area (Å²) in [4.78, 5) is 36.8. The van der Waals surface area contributed by atoms with Crippen LogP contribution in [0, 0.1) is 6.92 Å². The van der Waals surface area contributed by atoms with E-state index in [0.29, 0.717) is 5.56 Å². The van der Waals surface area contributed by atoms with Crippen LogP contribution in [0.2, 0.25) is 0 Å². The molecule has 166 valence electrons. The van der Waals surface area contributed by atoms with Crippen LogP contribution in [0.3, 0.4) is 0 Å². The van der Waals surface area contributed by atoms with Crippen LogP contribution in [-0.4, -0.2) is 27.6 Å². The number of fused-ring (bicyclic) bond motifs is 4. The monoisotopic (exact) mass is 448 g/mol. The lowest BCUT2D eigenvalue weighted by Gasteiger charge is -2.19. The lowest BCUT2D eigenvalue weighted by atomic mass is 9.82. The first kappa shape index (κ1) is 21.3. The van der Waals surface area contributed by atoms with Gasteiger partial charge in [-0.1, -0.05) is 60.7 Å². The van der Waals surface area contributed by atoms with Crippen LogP contribution < -0.4 is 0 Å². The van der Waals surface area contributed by atoms with Crippen LogP contribution in [0.5, 0.6) is 11.5 Å². The molecule has 0 bridgehead atoms. The van der Waals surface area contributed by atoms with Gasteiger partial charge in [0.05, 0.1) is 11.1 Å². The maximum Gasteiger partial charge on any atom is 0.201 e. The molecule has 5 heteroatoms. The van der Waals surface area contributed by atoms with Crippen molar-refractivity contribution in [2.45, 2.75) is 13.3 Å². The summed E-state index contributed by atoms with van der Waals surface area (Å²) in [6.45, 7) is 1.73. The van der Waals surface area contributed by atoms with Crippen molar-refractivity contribution in [3.05, 3.63) is 129 Å². The van der Waals surface area contributed by atoms with E-state index in [1.54, 1.807) is 13.0 Å². The standard InChI is InChI=1S/C15H10O4.C14H10O/c1-7-5-9-13(11(17)6-7)15(19)12-8(14(9)18)3-2-4-10(12)16;15-14-12-7-3-1-5-10(12)9-11-6-2-4-8-13(11)14/h2-6,16-17H,1H3;1-8H,9H2. The third-order valence-electron chi connectivity index (χ3n) is 6.15. The van der Waals surface area contributed by atoms with Crippen molar-refractivity contribution < 1.29 is 24.6 Å². The van der Waals surface area contributed by atoms with Gasteiger partial charge < -0.3 is 10.2 Å². The van der Waals surface area contributed by atoms with Crippen molar-refractivity contribution in [1.82, 2.24) is 0 Å². The van der Waals surface area contributed by atoms with Crippen molar-refractivity contribution in [2.75, 3.05) is 0 Å². The maximum atomic E-state index is 12.3. The second kappa shape index (κ2) is 8.12. The van der Waals surface area contributed by atoms with Gasteiger partial charge in [0.25, 0.3) is 0 Å². The van der Waals surface area contributed by atoms with Gasteiger partial charge in [0, 0.05) is 22.3 Å². The van der Waals surface area contributed by atoms with Crippen LogP contribution in [0.4, 0.5) is 0 Å². The molecule has 2 N–H and O–H groups in total. The predicted molar refractivity (Wildman–Crippen MR) is 127 cm³/mol. The summed E-state index contributed by atoms with van der Waals surface area (Å²) >= 11 is 0. The molecule has 4 aromatic rings. The Morgan fingerprint density at radius 1 is 0.559 bits per heavy atom. The fraction of sp³-hybridized carbons (Fsp3) is 0.0690. The Morgan fingerprint density at radius 3 is 1.74 bits per heavy atom. The van der Waals surface area contributed by atoms with E-state index < -0.39 is 5.78 Å². The first-order chi connectivity index (χ1) is 16.4. The van der Waals surface area contributed by atoms with Crippen LogP contribution in [0.25, 0.3) is 0 Å². The number of hydrogen-bond acceptors (Lipinski definition) is 5. The first-order valence-electron chi connectivity index (χ1n) is 10.8. The normalized spacial score (nSPS) is 13.1. The Morgan fingerprint density at radius 2 is 1.09 bits per heavy atom.